The van der Waals surface area contributed by atoms with Gasteiger partial charge in [-0.2, -0.15) is 5.10 Å². The van der Waals surface area contributed by atoms with E-state index in [-0.39, 0.29) is 5.70 Å². The molecule has 0 aromatic carbocycles. The van der Waals surface area contributed by atoms with E-state index < -0.39 is 24.2 Å². The van der Waals surface area contributed by atoms with Gasteiger partial charge in [-0.1, -0.05) is 0 Å². The van der Waals surface area contributed by atoms with E-state index in [2.05, 4.69) is 25.7 Å². The lowest BCUT2D eigenvalue weighted by Crippen LogP contribution is -2.27. The fourth-order valence-electron chi connectivity index (χ4n) is 2.19. The number of anilines is 2. The largest absolute Gasteiger partial charge is 0.403 e. The van der Waals surface area contributed by atoms with Crippen LogP contribution in [0.3, 0.4) is 0 Å². The molecule has 26 heavy (non-hydrogen) atoms. The van der Waals surface area contributed by atoms with Crippen LogP contribution in [0.1, 0.15) is 6.42 Å². The number of halogens is 2. The number of amides is 1. The van der Waals surface area contributed by atoms with E-state index in [0.29, 0.717) is 11.5 Å². The Bertz CT molecular complexity index is 875. The molecule has 4 N–H and O–H groups in total. The van der Waals surface area contributed by atoms with E-state index in [1.54, 1.807) is 42.5 Å². The molecule has 1 saturated carbocycles. The van der Waals surface area contributed by atoms with Gasteiger partial charge in [-0.05, 0) is 6.07 Å². The molecule has 2 heterocycles. The summed E-state index contributed by atoms with van der Waals surface area (Å²) in [6, 6.07) is 3.32. The number of nitrogens with two attached hydrogens (primary N) is 1. The number of aromatic nitrogens is 3. The number of nitrogens with zero attached hydrogens (tertiary/aromatic N) is 4. The minimum Gasteiger partial charge on any atom is -0.403 e. The van der Waals surface area contributed by atoms with Crippen molar-refractivity contribution in [2.75, 3.05) is 5.32 Å². The van der Waals surface area contributed by atoms with Crippen LogP contribution >= 0.6 is 0 Å². The summed E-state index contributed by atoms with van der Waals surface area (Å²) < 4.78 is 27.5. The Kier molecular flexibility index (Phi) is 4.65. The summed E-state index contributed by atoms with van der Waals surface area (Å²) in [5.41, 5.74) is 6.86. The number of rotatable bonds is 6. The van der Waals surface area contributed by atoms with Gasteiger partial charge in [0.2, 0.25) is 5.91 Å². The fraction of sp³-hybridized carbons (Fsp3) is 0.250. The van der Waals surface area contributed by atoms with Gasteiger partial charge in [-0.25, -0.2) is 13.8 Å². The van der Waals surface area contributed by atoms with Crippen molar-refractivity contribution in [2.24, 2.45) is 23.7 Å². The van der Waals surface area contributed by atoms with E-state index in [1.165, 1.54) is 6.21 Å². The molecule has 3 rings (SSSR count). The Morgan fingerprint density at radius 1 is 1.54 bits per heavy atom. The van der Waals surface area contributed by atoms with Crippen molar-refractivity contribution in [2.45, 2.75) is 12.3 Å². The minimum absolute atomic E-state index is 0.135. The van der Waals surface area contributed by atoms with Crippen LogP contribution < -0.4 is 16.4 Å². The molecule has 0 aliphatic heterocycles. The predicted octanol–water partition coefficient (Wildman–Crippen LogP) is 1.83. The summed E-state index contributed by atoms with van der Waals surface area (Å²) in [4.78, 5) is 20.0. The molecule has 0 radical (unpaired) electrons. The third-order valence-corrected chi connectivity index (χ3v) is 3.66. The first kappa shape index (κ1) is 17.5. The molecule has 1 unspecified atom stereocenters. The molecule has 1 atom stereocenters. The van der Waals surface area contributed by atoms with Crippen molar-refractivity contribution in [1.82, 2.24) is 20.1 Å². The Balaban J connectivity index is 1.63. The molecule has 0 bridgehead atoms. The smallest absolute Gasteiger partial charge is 0.260 e. The quantitative estimate of drug-likeness (QED) is 0.680. The topological polar surface area (TPSA) is 110 Å². The van der Waals surface area contributed by atoms with Gasteiger partial charge >= 0.3 is 0 Å². The van der Waals surface area contributed by atoms with Gasteiger partial charge < -0.3 is 16.4 Å². The molecule has 1 amide bonds. The van der Waals surface area contributed by atoms with Crippen molar-refractivity contribution in [3.05, 3.63) is 42.6 Å². The van der Waals surface area contributed by atoms with Gasteiger partial charge in [-0.3, -0.25) is 14.5 Å². The Morgan fingerprint density at radius 2 is 2.31 bits per heavy atom. The predicted molar refractivity (Wildman–Crippen MR) is 92.3 cm³/mol. The molecular weight excluding hydrogens is 344 g/mol. The summed E-state index contributed by atoms with van der Waals surface area (Å²) in [6.45, 7) is 0. The highest BCUT2D eigenvalue weighted by atomic mass is 19.3. The van der Waals surface area contributed by atoms with Crippen LogP contribution in [0.5, 0.6) is 0 Å². The lowest BCUT2D eigenvalue weighted by atomic mass is 10.3. The zero-order chi connectivity index (χ0) is 18.7. The minimum atomic E-state index is -2.93. The van der Waals surface area contributed by atoms with E-state index in [1.807, 2.05) is 0 Å². The molecule has 136 valence electrons. The first-order valence-corrected chi connectivity index (χ1v) is 7.74. The number of carbonyl (C=O) groups excluding carboxylic acids is 1. The number of pyridine rings is 1. The SMILES string of the molecule is Cn1cc(Nc2cc(N=CC(=CN)NC(=O)C3CC3(F)F)ccn2)cn1. The van der Waals surface area contributed by atoms with Gasteiger partial charge in [0, 0.05) is 38.1 Å². The molecule has 1 aliphatic carbocycles. The molecule has 0 saturated heterocycles. The Hall–Kier alpha value is -3.30. The fourth-order valence-corrected chi connectivity index (χ4v) is 2.19. The van der Waals surface area contributed by atoms with Gasteiger partial charge in [0.05, 0.1) is 29.5 Å². The molecule has 1 aliphatic rings. The lowest BCUT2D eigenvalue weighted by Gasteiger charge is -2.05. The summed E-state index contributed by atoms with van der Waals surface area (Å²) in [5.74, 6) is -4.46. The lowest BCUT2D eigenvalue weighted by molar-refractivity contribution is -0.123. The van der Waals surface area contributed by atoms with Crippen molar-refractivity contribution >= 4 is 29.3 Å². The van der Waals surface area contributed by atoms with Gasteiger partial charge in [0.15, 0.2) is 0 Å². The van der Waals surface area contributed by atoms with E-state index in [4.69, 9.17) is 5.73 Å². The first-order chi connectivity index (χ1) is 12.4. The van der Waals surface area contributed by atoms with Crippen LogP contribution in [0.2, 0.25) is 0 Å². The van der Waals surface area contributed by atoms with Crippen LogP contribution in [0.15, 0.2) is 47.6 Å². The van der Waals surface area contributed by atoms with E-state index in [0.717, 1.165) is 11.9 Å². The van der Waals surface area contributed by atoms with E-state index in [9.17, 15) is 13.6 Å². The standard InChI is InChI=1S/C16H17F2N7O/c1-25-9-12(8-22-25)23-14-4-10(2-3-20-14)21-7-11(6-19)24-15(26)13-5-16(13,17)18/h2-4,6-9,13H,5,19H2,1H3,(H,20,23)(H,24,26). The molecule has 0 spiro atoms. The first-order valence-electron chi connectivity index (χ1n) is 7.74. The summed E-state index contributed by atoms with van der Waals surface area (Å²) in [6.07, 6.45) is 6.94. The maximum absolute atomic E-state index is 12.9. The van der Waals surface area contributed by atoms with Crippen LogP contribution in [0.25, 0.3) is 0 Å². The highest BCUT2D eigenvalue weighted by molar-refractivity contribution is 5.91. The number of hydrogen-bond donors (Lipinski definition) is 3. The maximum Gasteiger partial charge on any atom is 0.260 e. The summed E-state index contributed by atoms with van der Waals surface area (Å²) >= 11 is 0. The van der Waals surface area contributed by atoms with Crippen molar-refractivity contribution < 1.29 is 13.6 Å². The highest BCUT2D eigenvalue weighted by Gasteiger charge is 2.61. The molecule has 8 nitrogen and oxygen atoms in total. The molecular formula is C16H17F2N7O. The zero-order valence-electron chi connectivity index (χ0n) is 13.9. The van der Waals surface area contributed by atoms with Gasteiger partial charge in [0.1, 0.15) is 11.7 Å². The van der Waals surface area contributed by atoms with Gasteiger partial charge in [-0.15, -0.1) is 0 Å². The van der Waals surface area contributed by atoms with Gasteiger partial charge in [0.25, 0.3) is 5.92 Å². The zero-order valence-corrected chi connectivity index (χ0v) is 13.9. The monoisotopic (exact) mass is 361 g/mol. The normalized spacial score (nSPS) is 18.7. The van der Waals surface area contributed by atoms with Crippen molar-refractivity contribution in [3.63, 3.8) is 0 Å². The van der Waals surface area contributed by atoms with Crippen LogP contribution in [0.4, 0.5) is 26.0 Å². The molecule has 2 aromatic heterocycles. The van der Waals surface area contributed by atoms with Crippen LogP contribution in [-0.2, 0) is 11.8 Å². The second kappa shape index (κ2) is 6.90. The number of aliphatic imine (C=N–C) groups is 1. The average Bonchev–Trinajstić information content (AvgIpc) is 3.05. The summed E-state index contributed by atoms with van der Waals surface area (Å²) in [5, 5.41) is 9.45. The number of alkyl halides is 2. The Labute approximate surface area is 147 Å². The van der Waals surface area contributed by atoms with Crippen molar-refractivity contribution in [3.8, 4) is 0 Å². The average molecular weight is 361 g/mol. The highest BCUT2D eigenvalue weighted by Crippen LogP contribution is 2.48. The van der Waals surface area contributed by atoms with Crippen molar-refractivity contribution in [1.29, 1.82) is 0 Å². The van der Waals surface area contributed by atoms with Crippen LogP contribution in [0, 0.1) is 5.92 Å². The second-order valence-corrected chi connectivity index (χ2v) is 5.81. The van der Waals surface area contributed by atoms with Crippen LogP contribution in [-0.4, -0.2) is 32.8 Å². The maximum atomic E-state index is 12.9. The van der Waals surface area contributed by atoms with E-state index >= 15 is 0 Å². The number of allylic oxidation sites excluding steroid dienone is 1. The number of nitrogens with one attached hydrogen (secondary N) is 2. The number of hydrogen-bond acceptors (Lipinski definition) is 6. The molecule has 10 heteroatoms. The Morgan fingerprint density at radius 3 is 2.92 bits per heavy atom. The third kappa shape index (κ3) is 4.21. The third-order valence-electron chi connectivity index (χ3n) is 3.66. The molecule has 2 aromatic rings. The second-order valence-electron chi connectivity index (χ2n) is 5.81. The number of aryl methyl sites for hydroxylation is 1. The number of carbonyl (C=O) groups is 1. The molecule has 1 fully saturated rings. The summed E-state index contributed by atoms with van der Waals surface area (Å²) in [7, 11) is 1.80.